The number of thioether (sulfide) groups is 1. The van der Waals surface area contributed by atoms with Crippen LogP contribution in [0.1, 0.15) is 0 Å². The second-order valence-corrected chi connectivity index (χ2v) is 9.08. The summed E-state index contributed by atoms with van der Waals surface area (Å²) in [6.45, 7) is 0.982. The Bertz CT molecular complexity index is 1410. The number of carbonyl (C=O) groups excluding carboxylic acids is 1. The molecule has 0 fully saturated rings. The largest absolute Gasteiger partial charge is 0.486 e. The second-order valence-electron chi connectivity index (χ2n) is 7.22. The molecule has 0 bridgehead atoms. The van der Waals surface area contributed by atoms with E-state index in [-0.39, 0.29) is 17.2 Å². The number of hydrogen-bond donors (Lipinski definition) is 1. The summed E-state index contributed by atoms with van der Waals surface area (Å²) in [6, 6.07) is 19.9. The Morgan fingerprint density at radius 1 is 1.03 bits per heavy atom. The van der Waals surface area contributed by atoms with E-state index in [1.54, 1.807) is 30.3 Å². The minimum Gasteiger partial charge on any atom is -0.486 e. The van der Waals surface area contributed by atoms with Crippen molar-refractivity contribution >= 4 is 50.2 Å². The lowest BCUT2D eigenvalue weighted by molar-refractivity contribution is -0.113. The fraction of sp³-hybridized carbons (Fsp3) is 0.125. The number of hydrogen-bond acceptors (Lipinski definition) is 6. The fourth-order valence-corrected chi connectivity index (χ4v) is 4.55. The molecule has 0 saturated carbocycles. The van der Waals surface area contributed by atoms with Crippen LogP contribution in [0.2, 0.25) is 0 Å². The van der Waals surface area contributed by atoms with E-state index >= 15 is 0 Å². The molecule has 1 aliphatic rings. The van der Waals surface area contributed by atoms with Crippen LogP contribution in [0.4, 0.5) is 5.69 Å². The predicted octanol–water partition coefficient (Wildman–Crippen LogP) is 4.65. The van der Waals surface area contributed by atoms with Crippen molar-refractivity contribution in [2.75, 3.05) is 24.3 Å². The maximum atomic E-state index is 13.3. The first-order valence-corrected chi connectivity index (χ1v) is 12.0. The van der Waals surface area contributed by atoms with E-state index in [0.717, 1.165) is 4.47 Å². The zero-order valence-electron chi connectivity index (χ0n) is 17.3. The van der Waals surface area contributed by atoms with E-state index in [1.807, 2.05) is 36.4 Å². The van der Waals surface area contributed by atoms with Crippen LogP contribution in [-0.2, 0) is 4.79 Å². The molecule has 0 saturated heterocycles. The van der Waals surface area contributed by atoms with Gasteiger partial charge in [-0.3, -0.25) is 14.2 Å². The van der Waals surface area contributed by atoms with Gasteiger partial charge in [0.1, 0.15) is 13.2 Å². The summed E-state index contributed by atoms with van der Waals surface area (Å²) in [5.74, 6) is 1.12. The van der Waals surface area contributed by atoms with Crippen molar-refractivity contribution in [2.45, 2.75) is 5.16 Å². The molecule has 1 N–H and O–H groups in total. The zero-order valence-corrected chi connectivity index (χ0v) is 19.7. The van der Waals surface area contributed by atoms with Crippen molar-refractivity contribution in [3.8, 4) is 17.2 Å². The van der Waals surface area contributed by atoms with Crippen molar-refractivity contribution in [3.05, 3.63) is 81.6 Å². The monoisotopic (exact) mass is 523 g/mol. The minimum absolute atomic E-state index is 0.0791. The van der Waals surface area contributed by atoms with Crippen LogP contribution < -0.4 is 20.3 Å². The van der Waals surface area contributed by atoms with Gasteiger partial charge in [0.2, 0.25) is 5.91 Å². The molecule has 1 amide bonds. The van der Waals surface area contributed by atoms with Gasteiger partial charge in [0.15, 0.2) is 16.7 Å². The first kappa shape index (κ1) is 21.5. The SMILES string of the molecule is O=C(CSc1nc2ccccc2c(=O)n1-c1ccc(Br)cc1)Nc1ccc2c(c1)OCCO2. The van der Waals surface area contributed by atoms with Gasteiger partial charge in [-0.05, 0) is 48.5 Å². The third kappa shape index (κ3) is 4.60. The first-order valence-electron chi connectivity index (χ1n) is 10.2. The quantitative estimate of drug-likeness (QED) is 0.303. The average molecular weight is 524 g/mol. The molecule has 5 rings (SSSR count). The molecular formula is C24H18BrN3O4S. The van der Waals surface area contributed by atoms with Gasteiger partial charge in [-0.2, -0.15) is 0 Å². The molecule has 1 aromatic heterocycles. The summed E-state index contributed by atoms with van der Waals surface area (Å²) in [5, 5.41) is 3.83. The van der Waals surface area contributed by atoms with Gasteiger partial charge < -0.3 is 14.8 Å². The lowest BCUT2D eigenvalue weighted by Crippen LogP contribution is -2.23. The van der Waals surface area contributed by atoms with E-state index < -0.39 is 0 Å². The smallest absolute Gasteiger partial charge is 0.266 e. The number of aromatic nitrogens is 2. The van der Waals surface area contributed by atoms with Gasteiger partial charge in [0.25, 0.3) is 5.56 Å². The maximum Gasteiger partial charge on any atom is 0.266 e. The van der Waals surface area contributed by atoms with Gasteiger partial charge in [0.05, 0.1) is 22.3 Å². The lowest BCUT2D eigenvalue weighted by atomic mass is 10.2. The molecule has 0 atom stereocenters. The number of rotatable bonds is 5. The number of benzene rings is 3. The standard InChI is InChI=1S/C24H18BrN3O4S/c25-15-5-8-17(9-6-15)28-23(30)18-3-1-2-4-19(18)27-24(28)33-14-22(29)26-16-7-10-20-21(13-16)32-12-11-31-20/h1-10,13H,11-12,14H2,(H,26,29). The van der Waals surface area contributed by atoms with Gasteiger partial charge in [-0.25, -0.2) is 4.98 Å². The summed E-state index contributed by atoms with van der Waals surface area (Å²) in [5.41, 5.74) is 1.70. The van der Waals surface area contributed by atoms with Crippen molar-refractivity contribution in [1.29, 1.82) is 0 Å². The van der Waals surface area contributed by atoms with Gasteiger partial charge in [0, 0.05) is 16.2 Å². The molecule has 2 heterocycles. The average Bonchev–Trinajstić information content (AvgIpc) is 2.84. The van der Waals surface area contributed by atoms with Gasteiger partial charge >= 0.3 is 0 Å². The summed E-state index contributed by atoms with van der Waals surface area (Å²) < 4.78 is 13.5. The molecule has 3 aromatic carbocycles. The van der Waals surface area contributed by atoms with Crippen molar-refractivity contribution in [3.63, 3.8) is 0 Å². The van der Waals surface area contributed by atoms with E-state index in [1.165, 1.54) is 16.3 Å². The Morgan fingerprint density at radius 2 is 1.79 bits per heavy atom. The molecule has 33 heavy (non-hydrogen) atoms. The minimum atomic E-state index is -0.221. The van der Waals surface area contributed by atoms with E-state index in [0.29, 0.717) is 52.1 Å². The number of anilines is 1. The van der Waals surface area contributed by atoms with Gasteiger partial charge in [-0.1, -0.05) is 39.8 Å². The van der Waals surface area contributed by atoms with E-state index in [2.05, 4.69) is 26.2 Å². The Morgan fingerprint density at radius 3 is 2.61 bits per heavy atom. The number of para-hydroxylation sites is 1. The number of nitrogens with one attached hydrogen (secondary N) is 1. The lowest BCUT2D eigenvalue weighted by Gasteiger charge is -2.19. The topological polar surface area (TPSA) is 82.5 Å². The zero-order chi connectivity index (χ0) is 22.8. The van der Waals surface area contributed by atoms with Crippen LogP contribution in [0.3, 0.4) is 0 Å². The molecule has 0 radical (unpaired) electrons. The highest BCUT2D eigenvalue weighted by molar-refractivity contribution is 9.10. The van der Waals surface area contributed by atoms with Crippen molar-refractivity contribution in [2.24, 2.45) is 0 Å². The number of fused-ring (bicyclic) bond motifs is 2. The summed E-state index contributed by atoms with van der Waals surface area (Å²) in [7, 11) is 0. The Balaban J connectivity index is 1.41. The number of ether oxygens (including phenoxy) is 2. The molecule has 0 spiro atoms. The number of amides is 1. The van der Waals surface area contributed by atoms with E-state index in [9.17, 15) is 9.59 Å². The second kappa shape index (κ2) is 9.29. The summed E-state index contributed by atoms with van der Waals surface area (Å²) in [6.07, 6.45) is 0. The molecule has 7 nitrogen and oxygen atoms in total. The highest BCUT2D eigenvalue weighted by Gasteiger charge is 2.16. The third-order valence-corrected chi connectivity index (χ3v) is 6.46. The number of nitrogens with zero attached hydrogens (tertiary/aromatic N) is 2. The summed E-state index contributed by atoms with van der Waals surface area (Å²) >= 11 is 4.62. The molecular weight excluding hydrogens is 506 g/mol. The van der Waals surface area contributed by atoms with Crippen LogP contribution in [0.15, 0.2) is 81.2 Å². The van der Waals surface area contributed by atoms with Crippen LogP contribution in [0.25, 0.3) is 16.6 Å². The normalized spacial score (nSPS) is 12.5. The molecule has 166 valence electrons. The van der Waals surface area contributed by atoms with Crippen LogP contribution in [-0.4, -0.2) is 34.4 Å². The Labute approximate surface area is 201 Å². The number of halogens is 1. The van der Waals surface area contributed by atoms with Crippen molar-refractivity contribution < 1.29 is 14.3 Å². The van der Waals surface area contributed by atoms with Crippen molar-refractivity contribution in [1.82, 2.24) is 9.55 Å². The summed E-state index contributed by atoms with van der Waals surface area (Å²) in [4.78, 5) is 30.6. The Kier molecular flexibility index (Phi) is 6.06. The molecule has 9 heteroatoms. The molecule has 0 aliphatic carbocycles. The molecule has 0 unspecified atom stereocenters. The molecule has 1 aliphatic heterocycles. The van der Waals surface area contributed by atoms with Crippen LogP contribution in [0.5, 0.6) is 11.5 Å². The predicted molar refractivity (Wildman–Crippen MR) is 132 cm³/mol. The highest BCUT2D eigenvalue weighted by atomic mass is 79.9. The van der Waals surface area contributed by atoms with Crippen LogP contribution in [0, 0.1) is 0 Å². The number of carbonyl (C=O) groups is 1. The highest BCUT2D eigenvalue weighted by Crippen LogP contribution is 2.32. The van der Waals surface area contributed by atoms with Crippen LogP contribution >= 0.6 is 27.7 Å². The van der Waals surface area contributed by atoms with Gasteiger partial charge in [-0.15, -0.1) is 0 Å². The van der Waals surface area contributed by atoms with E-state index in [4.69, 9.17) is 9.47 Å². The molecule has 4 aromatic rings. The maximum absolute atomic E-state index is 13.3. The first-order chi connectivity index (χ1) is 16.1. The fourth-order valence-electron chi connectivity index (χ4n) is 3.48. The Hall–Kier alpha value is -3.30. The third-order valence-electron chi connectivity index (χ3n) is 4.99.